The minimum Gasteiger partial charge on any atom is -0.465 e. The van der Waals surface area contributed by atoms with Crippen LogP contribution in [0.4, 0.5) is 0 Å². The van der Waals surface area contributed by atoms with Crippen LogP contribution in [0.3, 0.4) is 0 Å². The van der Waals surface area contributed by atoms with Crippen LogP contribution in [0.25, 0.3) is 0 Å². The van der Waals surface area contributed by atoms with Gasteiger partial charge in [-0.3, -0.25) is 4.79 Å². The van der Waals surface area contributed by atoms with Crippen molar-refractivity contribution >= 4 is 11.9 Å². The standard InChI is InChI=1S/C20H22O7/c1-9-12-6-19-8-24-17(23)11(19)3-2-4-14(19)20(9)7-13(26-18(20)25-12)10-5-15(21)27-16(10)22/h2,4-5,9,11-15,18,21H,3,6-8H2,1H3/t9-,11-,12-,13-,14-,15?,18-,19-,20-/m1/s1. The lowest BCUT2D eigenvalue weighted by Gasteiger charge is -2.54. The van der Waals surface area contributed by atoms with Gasteiger partial charge in [0.2, 0.25) is 6.29 Å². The molecule has 0 radical (unpaired) electrons. The molecule has 7 heteroatoms. The molecule has 0 aromatic rings. The second-order valence-electron chi connectivity index (χ2n) is 8.89. The number of aliphatic hydroxyl groups is 1. The molecule has 9 atom stereocenters. The van der Waals surface area contributed by atoms with Gasteiger partial charge >= 0.3 is 11.9 Å². The van der Waals surface area contributed by atoms with E-state index in [1.165, 1.54) is 6.08 Å². The molecule has 2 aliphatic carbocycles. The highest BCUT2D eigenvalue weighted by molar-refractivity contribution is 5.92. The third-order valence-corrected chi connectivity index (χ3v) is 8.04. The van der Waals surface area contributed by atoms with E-state index in [9.17, 15) is 14.7 Å². The fraction of sp³-hybridized carbons (Fsp3) is 0.700. The molecule has 0 amide bonds. The van der Waals surface area contributed by atoms with Crippen molar-refractivity contribution in [2.75, 3.05) is 6.61 Å². The molecule has 2 bridgehead atoms. The molecule has 4 heterocycles. The van der Waals surface area contributed by atoms with E-state index in [2.05, 4.69) is 19.1 Å². The number of hydrogen-bond acceptors (Lipinski definition) is 7. The molecule has 144 valence electrons. The lowest BCUT2D eigenvalue weighted by Crippen LogP contribution is -2.56. The van der Waals surface area contributed by atoms with Gasteiger partial charge < -0.3 is 24.1 Å². The van der Waals surface area contributed by atoms with Crippen LogP contribution >= 0.6 is 0 Å². The SMILES string of the molecule is C[C@@H]1[C@H]2C[C@@]34COC(=O)[C@H]3CC=C[C@H]4[C@@]13C[C@H](C1=CC(O)OC1=O)O[C@H]3O2. The van der Waals surface area contributed by atoms with Crippen molar-refractivity contribution in [2.45, 2.75) is 51.0 Å². The molecule has 2 spiro atoms. The highest BCUT2D eigenvalue weighted by Gasteiger charge is 2.74. The van der Waals surface area contributed by atoms with Crippen molar-refractivity contribution in [3.8, 4) is 0 Å². The summed E-state index contributed by atoms with van der Waals surface area (Å²) < 4.78 is 22.9. The zero-order valence-corrected chi connectivity index (χ0v) is 15.0. The summed E-state index contributed by atoms with van der Waals surface area (Å²) in [4.78, 5) is 24.5. The third-order valence-electron chi connectivity index (χ3n) is 8.04. The molecule has 6 rings (SSSR count). The van der Waals surface area contributed by atoms with Crippen LogP contribution in [0.1, 0.15) is 26.2 Å². The topological polar surface area (TPSA) is 91.3 Å². The summed E-state index contributed by atoms with van der Waals surface area (Å²) in [5.74, 6) is -0.424. The first-order valence-electron chi connectivity index (χ1n) is 9.71. The summed E-state index contributed by atoms with van der Waals surface area (Å²) in [5, 5.41) is 9.63. The second kappa shape index (κ2) is 5.01. The Morgan fingerprint density at radius 2 is 2.07 bits per heavy atom. The Kier molecular flexibility index (Phi) is 3.02. The van der Waals surface area contributed by atoms with Gasteiger partial charge in [-0.05, 0) is 37.2 Å². The predicted octanol–water partition coefficient (Wildman–Crippen LogP) is 1.06. The summed E-state index contributed by atoms with van der Waals surface area (Å²) in [5.41, 5.74) is -0.195. The Labute approximate surface area is 156 Å². The average Bonchev–Trinajstić information content (AvgIpc) is 3.31. The largest absolute Gasteiger partial charge is 0.465 e. The van der Waals surface area contributed by atoms with Gasteiger partial charge in [0.1, 0.15) is 0 Å². The lowest BCUT2D eigenvalue weighted by molar-refractivity contribution is -0.156. The number of cyclic esters (lactones) is 2. The van der Waals surface area contributed by atoms with E-state index in [0.717, 1.165) is 6.42 Å². The first-order valence-corrected chi connectivity index (χ1v) is 9.71. The predicted molar refractivity (Wildman–Crippen MR) is 88.7 cm³/mol. The van der Waals surface area contributed by atoms with Crippen LogP contribution in [0.5, 0.6) is 0 Å². The monoisotopic (exact) mass is 374 g/mol. The number of allylic oxidation sites excluding steroid dienone is 2. The normalized spacial score (nSPS) is 54.9. The van der Waals surface area contributed by atoms with Crippen LogP contribution < -0.4 is 0 Å². The maximum absolute atomic E-state index is 12.4. The summed E-state index contributed by atoms with van der Waals surface area (Å²) in [6, 6.07) is 0. The highest BCUT2D eigenvalue weighted by atomic mass is 16.7. The van der Waals surface area contributed by atoms with Crippen molar-refractivity contribution in [2.24, 2.45) is 28.6 Å². The first-order chi connectivity index (χ1) is 13.0. The summed E-state index contributed by atoms with van der Waals surface area (Å²) >= 11 is 0. The minimum absolute atomic E-state index is 0.0193. The van der Waals surface area contributed by atoms with E-state index in [1.807, 2.05) is 0 Å². The van der Waals surface area contributed by atoms with E-state index >= 15 is 0 Å². The molecule has 1 unspecified atom stereocenters. The Morgan fingerprint density at radius 3 is 2.85 bits per heavy atom. The molecule has 1 saturated carbocycles. The molecule has 0 aromatic carbocycles. The third kappa shape index (κ3) is 1.78. The second-order valence-corrected chi connectivity index (χ2v) is 8.89. The lowest BCUT2D eigenvalue weighted by atomic mass is 9.46. The number of esters is 2. The Balaban J connectivity index is 1.43. The average molecular weight is 374 g/mol. The fourth-order valence-electron chi connectivity index (χ4n) is 6.80. The van der Waals surface area contributed by atoms with Gasteiger partial charge in [0.25, 0.3) is 0 Å². The van der Waals surface area contributed by atoms with Gasteiger partial charge in [0.15, 0.2) is 6.29 Å². The molecule has 4 aliphatic heterocycles. The van der Waals surface area contributed by atoms with Crippen molar-refractivity contribution in [1.82, 2.24) is 0 Å². The zero-order chi connectivity index (χ0) is 18.6. The van der Waals surface area contributed by atoms with Crippen LogP contribution in [0.2, 0.25) is 0 Å². The van der Waals surface area contributed by atoms with E-state index in [-0.39, 0.29) is 40.7 Å². The van der Waals surface area contributed by atoms with Gasteiger partial charge in [-0.1, -0.05) is 19.1 Å². The van der Waals surface area contributed by atoms with Gasteiger partial charge in [-0.15, -0.1) is 0 Å². The van der Waals surface area contributed by atoms with Gasteiger partial charge in [0, 0.05) is 10.8 Å². The van der Waals surface area contributed by atoms with Crippen molar-refractivity contribution < 1.29 is 33.6 Å². The van der Waals surface area contributed by atoms with E-state index in [1.54, 1.807) is 0 Å². The fourth-order valence-corrected chi connectivity index (χ4v) is 6.80. The zero-order valence-electron chi connectivity index (χ0n) is 15.0. The molecular weight excluding hydrogens is 352 g/mol. The van der Waals surface area contributed by atoms with Crippen LogP contribution in [-0.2, 0) is 28.5 Å². The van der Waals surface area contributed by atoms with Crippen LogP contribution in [0.15, 0.2) is 23.8 Å². The summed E-state index contributed by atoms with van der Waals surface area (Å²) in [6.45, 7) is 2.62. The molecule has 6 aliphatic rings. The van der Waals surface area contributed by atoms with E-state index < -0.39 is 24.7 Å². The molecule has 3 saturated heterocycles. The minimum atomic E-state index is -1.21. The smallest absolute Gasteiger partial charge is 0.339 e. The van der Waals surface area contributed by atoms with Crippen molar-refractivity contribution in [3.63, 3.8) is 0 Å². The number of hydrogen-bond donors (Lipinski definition) is 1. The van der Waals surface area contributed by atoms with Crippen LogP contribution in [0, 0.1) is 28.6 Å². The Bertz CT molecular complexity index is 802. The Hall–Kier alpha value is -1.70. The van der Waals surface area contributed by atoms with Crippen molar-refractivity contribution in [3.05, 3.63) is 23.8 Å². The molecule has 27 heavy (non-hydrogen) atoms. The number of aliphatic hydroxyl groups excluding tert-OH is 1. The number of carbonyl (C=O) groups excluding carboxylic acids is 2. The van der Waals surface area contributed by atoms with Gasteiger partial charge in [0.05, 0.1) is 30.3 Å². The number of rotatable bonds is 1. The number of ether oxygens (including phenoxy) is 4. The molecule has 1 N–H and O–H groups in total. The first kappa shape index (κ1) is 16.3. The quantitative estimate of drug-likeness (QED) is 0.542. The number of fused-ring (bicyclic) bond motifs is 1. The maximum Gasteiger partial charge on any atom is 0.339 e. The van der Waals surface area contributed by atoms with E-state index in [4.69, 9.17) is 18.9 Å². The Morgan fingerprint density at radius 1 is 1.22 bits per heavy atom. The van der Waals surface area contributed by atoms with Gasteiger partial charge in [-0.25, -0.2) is 4.79 Å². The highest BCUT2D eigenvalue weighted by Crippen LogP contribution is 2.71. The van der Waals surface area contributed by atoms with Gasteiger partial charge in [-0.2, -0.15) is 0 Å². The molecule has 0 aromatic heterocycles. The van der Waals surface area contributed by atoms with Crippen LogP contribution in [-0.4, -0.2) is 48.4 Å². The summed E-state index contributed by atoms with van der Waals surface area (Å²) in [6.07, 6.45) is 5.78. The maximum atomic E-state index is 12.4. The number of carbonyl (C=O) groups is 2. The molecular formula is C20H22O7. The molecule has 4 fully saturated rings. The molecule has 7 nitrogen and oxygen atoms in total. The summed E-state index contributed by atoms with van der Waals surface area (Å²) in [7, 11) is 0. The van der Waals surface area contributed by atoms with Crippen molar-refractivity contribution in [1.29, 1.82) is 0 Å². The van der Waals surface area contributed by atoms with E-state index in [0.29, 0.717) is 25.0 Å².